The van der Waals surface area contributed by atoms with Crippen LogP contribution in [0.15, 0.2) is 72.8 Å². The number of hydrogen-bond acceptors (Lipinski definition) is 3. The minimum absolute atomic E-state index is 0.143. The van der Waals surface area contributed by atoms with Crippen LogP contribution in [0, 0.1) is 0 Å². The zero-order valence-corrected chi connectivity index (χ0v) is 20.3. The normalized spacial score (nSPS) is 16.1. The molecule has 4 rings (SSSR count). The Morgan fingerprint density at radius 3 is 2.50 bits per heavy atom. The molecule has 0 radical (unpaired) electrons. The van der Waals surface area contributed by atoms with E-state index in [0.29, 0.717) is 23.4 Å². The molecule has 1 N–H and O–H groups in total. The van der Waals surface area contributed by atoms with Gasteiger partial charge in [0.25, 0.3) is 0 Å². The number of alkyl halides is 4. The van der Waals surface area contributed by atoms with Crippen molar-refractivity contribution in [3.63, 3.8) is 0 Å². The second kappa shape index (κ2) is 9.85. The Labute approximate surface area is 211 Å². The van der Waals surface area contributed by atoms with Gasteiger partial charge in [-0.2, -0.15) is 18.3 Å². The van der Waals surface area contributed by atoms with E-state index < -0.39 is 28.6 Å². The topological polar surface area (TPSA) is 64.3 Å². The Bertz CT molecular complexity index is 1320. The fourth-order valence-corrected chi connectivity index (χ4v) is 4.06. The average molecular weight is 517 g/mol. The van der Waals surface area contributed by atoms with Gasteiger partial charge in [0.1, 0.15) is 12.4 Å². The molecule has 0 saturated carbocycles. The maximum atomic E-state index is 13.3. The van der Waals surface area contributed by atoms with Crippen molar-refractivity contribution in [2.24, 2.45) is 0 Å². The molecule has 0 aliphatic heterocycles. The number of ether oxygens (including phenoxy) is 1. The number of halogens is 4. The molecule has 0 bridgehead atoms. The van der Waals surface area contributed by atoms with Crippen LogP contribution in [-0.2, 0) is 23.0 Å². The van der Waals surface area contributed by atoms with Crippen molar-refractivity contribution < 1.29 is 27.8 Å². The molecule has 1 atom stereocenters. The highest BCUT2D eigenvalue weighted by atomic mass is 35.5. The van der Waals surface area contributed by atoms with E-state index in [1.165, 1.54) is 4.68 Å². The standard InChI is InChI=1S/C27H24ClF3N2O3/c1-26(2,25(34)35)19-7-5-6-18(14-19)17-10-12-21(13-11-17)36-16-20-15-24(27(29,30)31)32-33(20)23-9-4-3-8-22(23)28/h3-7,9-15,22H,8,16H2,1-2H3,(H,34,35). The third-order valence-electron chi connectivity index (χ3n) is 6.08. The summed E-state index contributed by atoms with van der Waals surface area (Å²) < 4.78 is 47.0. The maximum Gasteiger partial charge on any atom is 0.435 e. The number of rotatable bonds is 7. The molecule has 188 valence electrons. The summed E-state index contributed by atoms with van der Waals surface area (Å²) in [4.78, 5) is 11.6. The molecule has 5 nitrogen and oxygen atoms in total. The summed E-state index contributed by atoms with van der Waals surface area (Å²) in [6.45, 7) is 3.15. The Hall–Kier alpha value is -3.52. The summed E-state index contributed by atoms with van der Waals surface area (Å²) in [5.74, 6) is -0.459. The second-order valence-electron chi connectivity index (χ2n) is 8.98. The number of nitrogens with zero attached hydrogens (tertiary/aromatic N) is 2. The first kappa shape index (κ1) is 25.6. The van der Waals surface area contributed by atoms with E-state index in [-0.39, 0.29) is 12.3 Å². The number of carboxylic acid groups (broad SMARTS) is 1. The van der Waals surface area contributed by atoms with E-state index >= 15 is 0 Å². The summed E-state index contributed by atoms with van der Waals surface area (Å²) in [7, 11) is 0. The number of carboxylic acids is 1. The van der Waals surface area contributed by atoms with Crippen LogP contribution in [0.2, 0.25) is 0 Å². The number of benzene rings is 2. The molecule has 1 heterocycles. The van der Waals surface area contributed by atoms with Crippen LogP contribution in [0.4, 0.5) is 13.2 Å². The van der Waals surface area contributed by atoms with Gasteiger partial charge in [-0.05, 0) is 61.2 Å². The van der Waals surface area contributed by atoms with Crippen molar-refractivity contribution in [2.75, 3.05) is 0 Å². The van der Waals surface area contributed by atoms with Gasteiger partial charge in [0.15, 0.2) is 5.69 Å². The number of allylic oxidation sites excluding steroid dienone is 4. The summed E-state index contributed by atoms with van der Waals surface area (Å²) in [6.07, 6.45) is 1.11. The molecular weight excluding hydrogens is 493 g/mol. The van der Waals surface area contributed by atoms with Gasteiger partial charge in [-0.25, -0.2) is 4.68 Å². The predicted octanol–water partition coefficient (Wildman–Crippen LogP) is 6.92. The maximum absolute atomic E-state index is 13.3. The highest BCUT2D eigenvalue weighted by molar-refractivity contribution is 6.25. The fraction of sp³-hybridized carbons (Fsp3) is 0.259. The molecule has 1 unspecified atom stereocenters. The van der Waals surface area contributed by atoms with E-state index in [4.69, 9.17) is 16.3 Å². The van der Waals surface area contributed by atoms with Crippen molar-refractivity contribution in [2.45, 2.75) is 43.8 Å². The van der Waals surface area contributed by atoms with E-state index in [1.54, 1.807) is 50.3 Å². The lowest BCUT2D eigenvalue weighted by Gasteiger charge is -2.20. The first-order valence-corrected chi connectivity index (χ1v) is 11.6. The van der Waals surface area contributed by atoms with E-state index in [9.17, 15) is 23.1 Å². The Kier molecular flexibility index (Phi) is 7.00. The minimum Gasteiger partial charge on any atom is -0.487 e. The summed E-state index contributed by atoms with van der Waals surface area (Å²) in [5, 5.41) is 12.8. The van der Waals surface area contributed by atoms with Crippen LogP contribution in [-0.4, -0.2) is 26.2 Å². The van der Waals surface area contributed by atoms with Gasteiger partial charge < -0.3 is 9.84 Å². The smallest absolute Gasteiger partial charge is 0.435 e. The zero-order valence-electron chi connectivity index (χ0n) is 19.6. The predicted molar refractivity (Wildman–Crippen MR) is 132 cm³/mol. The number of carbonyl (C=O) groups is 1. The molecule has 0 fully saturated rings. The monoisotopic (exact) mass is 516 g/mol. The molecule has 0 amide bonds. The Balaban J connectivity index is 1.54. The van der Waals surface area contributed by atoms with Crippen LogP contribution in [0.5, 0.6) is 5.75 Å². The van der Waals surface area contributed by atoms with Gasteiger partial charge in [0, 0.05) is 0 Å². The second-order valence-corrected chi connectivity index (χ2v) is 9.50. The van der Waals surface area contributed by atoms with Crippen LogP contribution in [0.1, 0.15) is 37.2 Å². The lowest BCUT2D eigenvalue weighted by atomic mass is 9.83. The fourth-order valence-electron chi connectivity index (χ4n) is 3.79. The van der Waals surface area contributed by atoms with Crippen molar-refractivity contribution in [1.29, 1.82) is 0 Å². The summed E-state index contributed by atoms with van der Waals surface area (Å²) >= 11 is 6.33. The molecule has 9 heteroatoms. The summed E-state index contributed by atoms with van der Waals surface area (Å²) in [5.41, 5.74) is 0.981. The van der Waals surface area contributed by atoms with Crippen LogP contribution < -0.4 is 4.74 Å². The van der Waals surface area contributed by atoms with E-state index in [1.807, 2.05) is 30.3 Å². The highest BCUT2D eigenvalue weighted by Crippen LogP contribution is 2.33. The molecule has 0 saturated heterocycles. The van der Waals surface area contributed by atoms with Crippen LogP contribution in [0.3, 0.4) is 0 Å². The van der Waals surface area contributed by atoms with Crippen molar-refractivity contribution >= 4 is 23.3 Å². The minimum atomic E-state index is -4.60. The molecule has 1 aromatic heterocycles. The SMILES string of the molecule is CC(C)(C(=O)O)c1cccc(-c2ccc(OCc3cc(C(F)(F)F)nn3C3=CC=CCC3Cl)cc2)c1. The quantitative estimate of drug-likeness (QED) is 0.346. The van der Waals surface area contributed by atoms with Crippen molar-refractivity contribution in [3.05, 3.63) is 89.8 Å². The third kappa shape index (κ3) is 5.33. The largest absolute Gasteiger partial charge is 0.487 e. The Morgan fingerprint density at radius 2 is 1.86 bits per heavy atom. The van der Waals surface area contributed by atoms with Gasteiger partial charge >= 0.3 is 12.1 Å². The molecule has 36 heavy (non-hydrogen) atoms. The van der Waals surface area contributed by atoms with Gasteiger partial charge in [0.2, 0.25) is 0 Å². The van der Waals surface area contributed by atoms with Gasteiger partial charge in [-0.1, -0.05) is 48.6 Å². The first-order chi connectivity index (χ1) is 17.0. The number of hydrogen-bond donors (Lipinski definition) is 1. The summed E-state index contributed by atoms with van der Waals surface area (Å²) in [6, 6.07) is 15.3. The zero-order chi connectivity index (χ0) is 26.1. The molecule has 0 spiro atoms. The number of aromatic nitrogens is 2. The molecule has 2 aromatic carbocycles. The van der Waals surface area contributed by atoms with E-state index in [0.717, 1.165) is 17.2 Å². The van der Waals surface area contributed by atoms with Crippen molar-refractivity contribution in [3.8, 4) is 16.9 Å². The molecular formula is C27H24ClF3N2O3. The number of aliphatic carboxylic acids is 1. The van der Waals surface area contributed by atoms with Gasteiger partial charge in [-0.3, -0.25) is 4.79 Å². The van der Waals surface area contributed by atoms with Gasteiger partial charge in [-0.15, -0.1) is 11.6 Å². The lowest BCUT2D eigenvalue weighted by molar-refractivity contribution is -0.142. The van der Waals surface area contributed by atoms with Crippen LogP contribution in [0.25, 0.3) is 16.8 Å². The average Bonchev–Trinajstić information content (AvgIpc) is 3.28. The molecule has 1 aliphatic carbocycles. The van der Waals surface area contributed by atoms with Crippen LogP contribution >= 0.6 is 11.6 Å². The first-order valence-electron chi connectivity index (χ1n) is 11.2. The highest BCUT2D eigenvalue weighted by Gasteiger charge is 2.36. The van der Waals surface area contributed by atoms with Gasteiger partial charge in [0.05, 0.1) is 22.2 Å². The molecule has 1 aliphatic rings. The van der Waals surface area contributed by atoms with E-state index in [2.05, 4.69) is 5.10 Å². The van der Waals surface area contributed by atoms with Crippen molar-refractivity contribution in [1.82, 2.24) is 9.78 Å². The Morgan fingerprint density at radius 1 is 1.14 bits per heavy atom. The third-order valence-corrected chi connectivity index (χ3v) is 6.48. The lowest BCUT2D eigenvalue weighted by Crippen LogP contribution is -2.28. The molecule has 3 aromatic rings.